The lowest BCUT2D eigenvalue weighted by molar-refractivity contribution is -0.384. The summed E-state index contributed by atoms with van der Waals surface area (Å²) in [6.07, 6.45) is 1.52. The summed E-state index contributed by atoms with van der Waals surface area (Å²) in [5.41, 5.74) is 1.51. The minimum absolute atomic E-state index is 0.0693. The van der Waals surface area contributed by atoms with E-state index < -0.39 is 16.9 Å². The van der Waals surface area contributed by atoms with Gasteiger partial charge in [0, 0.05) is 17.7 Å². The number of rotatable bonds is 4. The molecule has 0 saturated heterocycles. The Kier molecular flexibility index (Phi) is 4.57. The second-order valence-corrected chi connectivity index (χ2v) is 5.25. The highest BCUT2D eigenvalue weighted by Crippen LogP contribution is 2.21. The van der Waals surface area contributed by atoms with Crippen molar-refractivity contribution in [1.29, 1.82) is 0 Å². The van der Waals surface area contributed by atoms with E-state index in [1.807, 2.05) is 0 Å². The zero-order valence-corrected chi connectivity index (χ0v) is 13.5. The number of nitro benzene ring substituents is 1. The van der Waals surface area contributed by atoms with Crippen molar-refractivity contribution >= 4 is 29.6 Å². The molecule has 0 bridgehead atoms. The number of nitro groups is 1. The Hall–Kier alpha value is -3.81. The van der Waals surface area contributed by atoms with Crippen molar-refractivity contribution in [2.75, 3.05) is 7.11 Å². The van der Waals surface area contributed by atoms with Crippen LogP contribution in [-0.2, 0) is 14.3 Å². The summed E-state index contributed by atoms with van der Waals surface area (Å²) in [5, 5.41) is 10.7. The fourth-order valence-electron chi connectivity index (χ4n) is 2.25. The van der Waals surface area contributed by atoms with E-state index in [-0.39, 0.29) is 17.3 Å². The van der Waals surface area contributed by atoms with Gasteiger partial charge in [0.2, 0.25) is 5.90 Å². The van der Waals surface area contributed by atoms with E-state index in [1.165, 1.54) is 37.5 Å². The Balaban J connectivity index is 1.84. The van der Waals surface area contributed by atoms with Crippen molar-refractivity contribution in [3.05, 3.63) is 81.0 Å². The third-order valence-electron chi connectivity index (χ3n) is 3.58. The summed E-state index contributed by atoms with van der Waals surface area (Å²) in [6.45, 7) is 0. The van der Waals surface area contributed by atoms with Gasteiger partial charge in [-0.1, -0.05) is 12.1 Å². The first kappa shape index (κ1) is 17.0. The summed E-state index contributed by atoms with van der Waals surface area (Å²) < 4.78 is 9.73. The smallest absolute Gasteiger partial charge is 0.363 e. The molecule has 0 aliphatic carbocycles. The molecule has 2 aromatic rings. The minimum atomic E-state index is -0.629. The number of ether oxygens (including phenoxy) is 2. The number of non-ortho nitro benzene ring substituents is 1. The second-order valence-electron chi connectivity index (χ2n) is 5.25. The Morgan fingerprint density at radius 3 is 2.38 bits per heavy atom. The number of carbonyl (C=O) groups excluding carboxylic acids is 2. The first-order chi connectivity index (χ1) is 12.5. The first-order valence-electron chi connectivity index (χ1n) is 7.43. The van der Waals surface area contributed by atoms with Gasteiger partial charge in [-0.2, -0.15) is 0 Å². The standard InChI is InChI=1S/C18H12N2O6/c1-25-17(21)13-4-2-11(3-5-13)10-15-18(22)26-16(19-15)12-6-8-14(9-7-12)20(23)24/h2-10H,1H3. The molecule has 0 atom stereocenters. The van der Waals surface area contributed by atoms with Crippen LogP contribution in [0.5, 0.6) is 0 Å². The summed E-state index contributed by atoms with van der Waals surface area (Å²) in [6, 6.07) is 11.9. The Morgan fingerprint density at radius 2 is 1.81 bits per heavy atom. The van der Waals surface area contributed by atoms with E-state index in [0.717, 1.165) is 0 Å². The molecule has 0 fully saturated rings. The SMILES string of the molecule is COC(=O)c1ccc(C=C2N=C(c3ccc([N+](=O)[O-])cc3)OC2=O)cc1. The number of hydrogen-bond acceptors (Lipinski definition) is 7. The number of nitrogens with zero attached hydrogens (tertiary/aromatic N) is 2. The monoisotopic (exact) mass is 352 g/mol. The number of hydrogen-bond donors (Lipinski definition) is 0. The third kappa shape index (κ3) is 3.48. The van der Waals surface area contributed by atoms with E-state index in [2.05, 4.69) is 9.73 Å². The van der Waals surface area contributed by atoms with Gasteiger partial charge >= 0.3 is 11.9 Å². The number of esters is 2. The van der Waals surface area contributed by atoms with Crippen molar-refractivity contribution in [2.24, 2.45) is 4.99 Å². The molecule has 0 radical (unpaired) electrons. The lowest BCUT2D eigenvalue weighted by atomic mass is 10.1. The van der Waals surface area contributed by atoms with Crippen LogP contribution in [0.3, 0.4) is 0 Å². The highest BCUT2D eigenvalue weighted by molar-refractivity contribution is 6.12. The van der Waals surface area contributed by atoms with Crippen LogP contribution in [-0.4, -0.2) is 29.9 Å². The second kappa shape index (κ2) is 6.98. The van der Waals surface area contributed by atoms with Gasteiger partial charge in [-0.05, 0) is 35.9 Å². The highest BCUT2D eigenvalue weighted by Gasteiger charge is 2.24. The van der Waals surface area contributed by atoms with Crippen LogP contribution in [0.25, 0.3) is 6.08 Å². The van der Waals surface area contributed by atoms with Crippen molar-refractivity contribution in [3.8, 4) is 0 Å². The molecule has 8 heteroatoms. The lowest BCUT2D eigenvalue weighted by Crippen LogP contribution is -2.05. The van der Waals surface area contributed by atoms with Crippen LogP contribution in [0, 0.1) is 10.1 Å². The molecule has 0 unspecified atom stereocenters. The summed E-state index contributed by atoms with van der Waals surface area (Å²) in [4.78, 5) is 37.7. The van der Waals surface area contributed by atoms with Crippen LogP contribution in [0.4, 0.5) is 5.69 Å². The molecule has 1 aliphatic heterocycles. The molecular weight excluding hydrogens is 340 g/mol. The number of cyclic esters (lactones) is 1. The number of aliphatic imine (C=N–C) groups is 1. The highest BCUT2D eigenvalue weighted by atomic mass is 16.6. The molecule has 0 saturated carbocycles. The summed E-state index contributed by atoms with van der Waals surface area (Å²) in [7, 11) is 1.29. The predicted molar refractivity (Wildman–Crippen MR) is 91.5 cm³/mol. The van der Waals surface area contributed by atoms with Crippen molar-refractivity contribution in [3.63, 3.8) is 0 Å². The predicted octanol–water partition coefficient (Wildman–Crippen LogP) is 2.73. The van der Waals surface area contributed by atoms with Crippen LogP contribution in [0.1, 0.15) is 21.5 Å². The zero-order chi connectivity index (χ0) is 18.7. The van der Waals surface area contributed by atoms with Crippen LogP contribution in [0.15, 0.2) is 59.2 Å². The molecule has 2 aromatic carbocycles. The van der Waals surface area contributed by atoms with Crippen molar-refractivity contribution in [2.45, 2.75) is 0 Å². The normalized spacial score (nSPS) is 14.7. The molecule has 1 heterocycles. The maximum absolute atomic E-state index is 12.0. The van der Waals surface area contributed by atoms with Crippen molar-refractivity contribution < 1.29 is 24.0 Å². The fraction of sp³-hybridized carbons (Fsp3) is 0.0556. The maximum atomic E-state index is 12.0. The molecule has 0 amide bonds. The van der Waals surface area contributed by atoms with E-state index >= 15 is 0 Å². The van der Waals surface area contributed by atoms with Gasteiger partial charge in [0.25, 0.3) is 5.69 Å². The summed E-state index contributed by atoms with van der Waals surface area (Å²) >= 11 is 0. The zero-order valence-electron chi connectivity index (χ0n) is 13.5. The summed E-state index contributed by atoms with van der Waals surface area (Å²) in [5.74, 6) is -1.01. The van der Waals surface area contributed by atoms with Crippen LogP contribution in [0.2, 0.25) is 0 Å². The van der Waals surface area contributed by atoms with Gasteiger partial charge in [-0.25, -0.2) is 14.6 Å². The number of benzene rings is 2. The van der Waals surface area contributed by atoms with Gasteiger partial charge in [0.1, 0.15) is 0 Å². The lowest BCUT2D eigenvalue weighted by Gasteiger charge is -1.99. The van der Waals surface area contributed by atoms with Gasteiger partial charge in [0.15, 0.2) is 5.70 Å². The van der Waals surface area contributed by atoms with Crippen LogP contribution >= 0.6 is 0 Å². The topological polar surface area (TPSA) is 108 Å². The first-order valence-corrected chi connectivity index (χ1v) is 7.43. The Labute approximate surface area is 147 Å². The van der Waals surface area contributed by atoms with Crippen LogP contribution < -0.4 is 0 Å². The third-order valence-corrected chi connectivity index (χ3v) is 3.58. The molecule has 26 heavy (non-hydrogen) atoms. The van der Waals surface area contributed by atoms with Gasteiger partial charge < -0.3 is 9.47 Å². The largest absolute Gasteiger partial charge is 0.465 e. The average molecular weight is 352 g/mol. The van der Waals surface area contributed by atoms with Gasteiger partial charge in [-0.15, -0.1) is 0 Å². The number of carbonyl (C=O) groups is 2. The van der Waals surface area contributed by atoms with E-state index in [1.54, 1.807) is 24.3 Å². The quantitative estimate of drug-likeness (QED) is 0.362. The molecule has 1 aliphatic rings. The van der Waals surface area contributed by atoms with Gasteiger partial charge in [-0.3, -0.25) is 10.1 Å². The molecule has 130 valence electrons. The minimum Gasteiger partial charge on any atom is -0.465 e. The van der Waals surface area contributed by atoms with Crippen molar-refractivity contribution in [1.82, 2.24) is 0 Å². The molecule has 8 nitrogen and oxygen atoms in total. The number of methoxy groups -OCH3 is 1. The molecule has 0 spiro atoms. The maximum Gasteiger partial charge on any atom is 0.363 e. The molecule has 0 N–H and O–H groups in total. The van der Waals surface area contributed by atoms with E-state index in [4.69, 9.17) is 4.74 Å². The van der Waals surface area contributed by atoms with E-state index in [9.17, 15) is 19.7 Å². The molecule has 3 rings (SSSR count). The Bertz CT molecular complexity index is 943. The average Bonchev–Trinajstić information content (AvgIpc) is 3.02. The van der Waals surface area contributed by atoms with E-state index in [0.29, 0.717) is 16.7 Å². The Morgan fingerprint density at radius 1 is 1.15 bits per heavy atom. The molecular formula is C18H12N2O6. The molecule has 0 aromatic heterocycles. The van der Waals surface area contributed by atoms with Gasteiger partial charge in [0.05, 0.1) is 17.6 Å². The fourth-order valence-corrected chi connectivity index (χ4v) is 2.25.